The summed E-state index contributed by atoms with van der Waals surface area (Å²) in [6.07, 6.45) is 0. The lowest BCUT2D eigenvalue weighted by atomic mass is 10.2. The summed E-state index contributed by atoms with van der Waals surface area (Å²) >= 11 is 4.78. The van der Waals surface area contributed by atoms with Gasteiger partial charge < -0.3 is 5.32 Å². The van der Waals surface area contributed by atoms with Gasteiger partial charge in [-0.15, -0.1) is 11.8 Å². The minimum absolute atomic E-state index is 0.0371. The summed E-state index contributed by atoms with van der Waals surface area (Å²) in [4.78, 5) is 23.3. The molecule has 5 nitrogen and oxygen atoms in total. The number of hydrogen-bond donors (Lipinski definition) is 1. The number of anilines is 1. The lowest BCUT2D eigenvalue weighted by Crippen LogP contribution is -2.22. The Morgan fingerprint density at radius 2 is 1.91 bits per heavy atom. The molecule has 0 bridgehead atoms. The van der Waals surface area contributed by atoms with Crippen molar-refractivity contribution in [3.63, 3.8) is 0 Å². The zero-order valence-corrected chi connectivity index (χ0v) is 15.0. The molecule has 1 atom stereocenters. The van der Waals surface area contributed by atoms with Gasteiger partial charge in [-0.2, -0.15) is 0 Å². The zero-order valence-electron chi connectivity index (χ0n) is 12.6. The van der Waals surface area contributed by atoms with Crippen LogP contribution in [0.4, 0.5) is 11.4 Å². The molecule has 1 N–H and O–H groups in total. The van der Waals surface area contributed by atoms with E-state index in [1.165, 1.54) is 23.9 Å². The van der Waals surface area contributed by atoms with E-state index in [1.54, 1.807) is 19.1 Å². The highest BCUT2D eigenvalue weighted by Crippen LogP contribution is 2.28. The van der Waals surface area contributed by atoms with Gasteiger partial charge in [0.15, 0.2) is 0 Å². The van der Waals surface area contributed by atoms with E-state index in [1.807, 2.05) is 25.1 Å². The molecule has 1 amide bonds. The molecule has 0 aliphatic heterocycles. The van der Waals surface area contributed by atoms with Crippen molar-refractivity contribution in [3.05, 3.63) is 62.6 Å². The number of amides is 1. The first-order valence-electron chi connectivity index (χ1n) is 6.85. The van der Waals surface area contributed by atoms with E-state index in [2.05, 4.69) is 21.2 Å². The van der Waals surface area contributed by atoms with E-state index in [9.17, 15) is 14.9 Å². The van der Waals surface area contributed by atoms with Gasteiger partial charge >= 0.3 is 0 Å². The Morgan fingerprint density at radius 3 is 2.48 bits per heavy atom. The van der Waals surface area contributed by atoms with Crippen molar-refractivity contribution in [3.8, 4) is 0 Å². The third kappa shape index (κ3) is 4.80. The maximum atomic E-state index is 12.3. The summed E-state index contributed by atoms with van der Waals surface area (Å²) in [7, 11) is 0. The Hall–Kier alpha value is -1.86. The number of non-ortho nitro benzene ring substituents is 1. The van der Waals surface area contributed by atoms with Crippen molar-refractivity contribution in [2.24, 2.45) is 0 Å². The quantitative estimate of drug-likeness (QED) is 0.449. The molecule has 0 heterocycles. The van der Waals surface area contributed by atoms with Crippen LogP contribution in [0.1, 0.15) is 12.5 Å². The van der Waals surface area contributed by atoms with E-state index in [-0.39, 0.29) is 16.8 Å². The van der Waals surface area contributed by atoms with E-state index < -0.39 is 4.92 Å². The number of nitrogens with one attached hydrogen (secondary N) is 1. The van der Waals surface area contributed by atoms with Crippen LogP contribution in [0, 0.1) is 17.0 Å². The van der Waals surface area contributed by atoms with E-state index in [4.69, 9.17) is 0 Å². The molecule has 0 aliphatic rings. The van der Waals surface area contributed by atoms with Crippen molar-refractivity contribution < 1.29 is 9.72 Å². The fourth-order valence-electron chi connectivity index (χ4n) is 1.86. The van der Waals surface area contributed by atoms with Gasteiger partial charge in [0.25, 0.3) is 5.69 Å². The number of nitro groups is 1. The summed E-state index contributed by atoms with van der Waals surface area (Å²) in [5, 5.41) is 13.2. The first-order chi connectivity index (χ1) is 10.9. The van der Waals surface area contributed by atoms with Crippen LogP contribution in [0.5, 0.6) is 0 Å². The number of thioether (sulfide) groups is 1. The van der Waals surface area contributed by atoms with Gasteiger partial charge in [-0.1, -0.05) is 6.07 Å². The smallest absolute Gasteiger partial charge is 0.269 e. The number of hydrogen-bond acceptors (Lipinski definition) is 4. The summed E-state index contributed by atoms with van der Waals surface area (Å²) in [5.74, 6) is -0.127. The largest absolute Gasteiger partial charge is 0.324 e. The number of halogens is 1. The third-order valence-electron chi connectivity index (χ3n) is 3.11. The van der Waals surface area contributed by atoms with Crippen molar-refractivity contribution in [1.82, 2.24) is 0 Å². The Bertz CT molecular complexity index is 735. The fourth-order valence-corrected chi connectivity index (χ4v) is 3.32. The van der Waals surface area contributed by atoms with Gasteiger partial charge in [0, 0.05) is 21.5 Å². The summed E-state index contributed by atoms with van der Waals surface area (Å²) < 4.78 is 0.832. The highest BCUT2D eigenvalue weighted by molar-refractivity contribution is 9.10. The molecule has 0 saturated carbocycles. The molecule has 1 unspecified atom stereocenters. The lowest BCUT2D eigenvalue weighted by molar-refractivity contribution is -0.384. The van der Waals surface area contributed by atoms with Gasteiger partial charge in [0.1, 0.15) is 0 Å². The van der Waals surface area contributed by atoms with Crippen molar-refractivity contribution >= 4 is 45.0 Å². The van der Waals surface area contributed by atoms with Crippen LogP contribution < -0.4 is 5.32 Å². The standard InChI is InChI=1S/C16H15BrN2O3S/c1-10-3-8-15(14(17)9-10)18-16(20)11(2)23-13-6-4-12(5-7-13)19(21)22/h3-9,11H,1-2H3,(H,18,20). The predicted molar refractivity (Wildman–Crippen MR) is 95.9 cm³/mol. The number of benzene rings is 2. The number of carbonyl (C=O) groups excluding carboxylic acids is 1. The van der Waals surface area contributed by atoms with Crippen LogP contribution in [-0.4, -0.2) is 16.1 Å². The Balaban J connectivity index is 2.00. The molecule has 120 valence electrons. The number of aryl methyl sites for hydroxylation is 1. The van der Waals surface area contributed by atoms with Crippen LogP contribution in [0.25, 0.3) is 0 Å². The zero-order chi connectivity index (χ0) is 17.0. The van der Waals surface area contributed by atoms with Crippen LogP contribution in [0.15, 0.2) is 51.8 Å². The van der Waals surface area contributed by atoms with Crippen LogP contribution in [-0.2, 0) is 4.79 Å². The van der Waals surface area contributed by atoms with Gasteiger partial charge in [0.2, 0.25) is 5.91 Å². The second kappa shape index (κ2) is 7.61. The number of carbonyl (C=O) groups is 1. The predicted octanol–water partition coefficient (Wildman–Crippen LogP) is 4.79. The number of nitrogens with zero attached hydrogens (tertiary/aromatic N) is 1. The van der Waals surface area contributed by atoms with Gasteiger partial charge in [-0.25, -0.2) is 0 Å². The topological polar surface area (TPSA) is 72.2 Å². The van der Waals surface area contributed by atoms with Crippen LogP contribution in [0.3, 0.4) is 0 Å². The molecule has 7 heteroatoms. The molecule has 2 aromatic carbocycles. The normalized spacial score (nSPS) is 11.8. The first-order valence-corrected chi connectivity index (χ1v) is 8.52. The molecular weight excluding hydrogens is 380 g/mol. The summed E-state index contributed by atoms with van der Waals surface area (Å²) in [6.45, 7) is 3.77. The molecule has 2 aromatic rings. The van der Waals surface area contributed by atoms with Gasteiger partial charge in [0.05, 0.1) is 15.9 Å². The fraction of sp³-hybridized carbons (Fsp3) is 0.188. The Labute approximate surface area is 146 Å². The van der Waals surface area contributed by atoms with E-state index >= 15 is 0 Å². The molecule has 0 spiro atoms. The summed E-state index contributed by atoms with van der Waals surface area (Å²) in [6, 6.07) is 11.9. The molecule has 0 saturated heterocycles. The number of rotatable bonds is 5. The van der Waals surface area contributed by atoms with E-state index in [0.717, 1.165) is 20.6 Å². The molecule has 2 rings (SSSR count). The van der Waals surface area contributed by atoms with Gasteiger partial charge in [-0.3, -0.25) is 14.9 Å². The second-order valence-corrected chi connectivity index (χ2v) is 7.25. The highest BCUT2D eigenvalue weighted by Gasteiger charge is 2.16. The van der Waals surface area contributed by atoms with Crippen LogP contribution in [0.2, 0.25) is 0 Å². The minimum atomic E-state index is -0.445. The van der Waals surface area contributed by atoms with Crippen molar-refractivity contribution in [1.29, 1.82) is 0 Å². The molecule has 0 fully saturated rings. The maximum Gasteiger partial charge on any atom is 0.269 e. The molecule has 0 aromatic heterocycles. The second-order valence-electron chi connectivity index (χ2n) is 4.98. The summed E-state index contributed by atoms with van der Waals surface area (Å²) in [5.41, 5.74) is 1.86. The Morgan fingerprint density at radius 1 is 1.26 bits per heavy atom. The SMILES string of the molecule is Cc1ccc(NC(=O)C(C)Sc2ccc([N+](=O)[O-])cc2)c(Br)c1. The van der Waals surface area contributed by atoms with Crippen molar-refractivity contribution in [2.45, 2.75) is 24.0 Å². The maximum absolute atomic E-state index is 12.3. The highest BCUT2D eigenvalue weighted by atomic mass is 79.9. The van der Waals surface area contributed by atoms with Crippen molar-refractivity contribution in [2.75, 3.05) is 5.32 Å². The third-order valence-corrected chi connectivity index (χ3v) is 4.88. The average molecular weight is 395 g/mol. The van der Waals surface area contributed by atoms with Crippen LogP contribution >= 0.6 is 27.7 Å². The Kier molecular flexibility index (Phi) is 5.79. The average Bonchev–Trinajstić information content (AvgIpc) is 2.50. The molecule has 23 heavy (non-hydrogen) atoms. The first kappa shape index (κ1) is 17.5. The minimum Gasteiger partial charge on any atom is -0.324 e. The molecule has 0 aliphatic carbocycles. The molecule has 0 radical (unpaired) electrons. The van der Waals surface area contributed by atoms with E-state index in [0.29, 0.717) is 0 Å². The monoisotopic (exact) mass is 394 g/mol. The molecular formula is C16H15BrN2O3S. The number of nitro benzene ring substituents is 1. The lowest BCUT2D eigenvalue weighted by Gasteiger charge is -2.13. The van der Waals surface area contributed by atoms with Gasteiger partial charge in [-0.05, 0) is 59.6 Å².